The van der Waals surface area contributed by atoms with Crippen molar-refractivity contribution in [3.8, 4) is 0 Å². The van der Waals surface area contributed by atoms with Gasteiger partial charge in [0, 0.05) is 12.7 Å². The zero-order valence-electron chi connectivity index (χ0n) is 5.92. The Bertz CT molecular complexity index is 228. The topological polar surface area (TPSA) is 63.8 Å². The quantitative estimate of drug-likeness (QED) is 0.666. The second-order valence-corrected chi connectivity index (χ2v) is 1.92. The van der Waals surface area contributed by atoms with Crippen LogP contribution in [0.2, 0.25) is 0 Å². The summed E-state index contributed by atoms with van der Waals surface area (Å²) in [4.78, 5) is 7.48. The van der Waals surface area contributed by atoms with E-state index < -0.39 is 6.67 Å². The third kappa shape index (κ3) is 2.37. The molecular formula is C6H9FN4. The molecule has 5 heteroatoms. The van der Waals surface area contributed by atoms with Crippen LogP contribution in [0.3, 0.4) is 0 Å². The van der Waals surface area contributed by atoms with E-state index in [9.17, 15) is 4.39 Å². The normalized spacial score (nSPS) is 9.55. The standard InChI is InChI=1S/C6H9FN4/c7-2-4-9-5-1-3-10-6(8)11-5/h1,3H,2,4H2,(H3,8,9,10,11). The summed E-state index contributed by atoms with van der Waals surface area (Å²) in [6.45, 7) is -0.180. The van der Waals surface area contributed by atoms with Crippen molar-refractivity contribution in [1.29, 1.82) is 0 Å². The number of nitrogens with one attached hydrogen (secondary N) is 1. The number of rotatable bonds is 3. The first-order valence-corrected chi connectivity index (χ1v) is 3.21. The molecule has 0 aliphatic rings. The highest BCUT2D eigenvalue weighted by molar-refractivity contribution is 5.36. The number of nitrogens with zero attached hydrogens (tertiary/aromatic N) is 2. The Labute approximate surface area is 63.7 Å². The van der Waals surface area contributed by atoms with Gasteiger partial charge < -0.3 is 11.1 Å². The van der Waals surface area contributed by atoms with Gasteiger partial charge in [-0.05, 0) is 6.07 Å². The molecule has 0 bridgehead atoms. The van der Waals surface area contributed by atoms with Crippen LogP contribution < -0.4 is 11.1 Å². The van der Waals surface area contributed by atoms with Crippen molar-refractivity contribution in [3.05, 3.63) is 12.3 Å². The molecule has 1 aromatic heterocycles. The smallest absolute Gasteiger partial charge is 0.221 e. The summed E-state index contributed by atoms with van der Waals surface area (Å²) < 4.78 is 11.6. The highest BCUT2D eigenvalue weighted by Crippen LogP contribution is 2.01. The van der Waals surface area contributed by atoms with Gasteiger partial charge in [-0.15, -0.1) is 0 Å². The monoisotopic (exact) mass is 156 g/mol. The van der Waals surface area contributed by atoms with Crippen LogP contribution in [-0.4, -0.2) is 23.2 Å². The lowest BCUT2D eigenvalue weighted by atomic mass is 10.5. The predicted octanol–water partition coefficient (Wildman–Crippen LogP) is 0.440. The highest BCUT2D eigenvalue weighted by atomic mass is 19.1. The molecule has 0 aromatic carbocycles. The maximum atomic E-state index is 11.6. The van der Waals surface area contributed by atoms with Crippen LogP contribution in [0.25, 0.3) is 0 Å². The SMILES string of the molecule is Nc1nccc(NCCF)n1. The van der Waals surface area contributed by atoms with Crippen LogP contribution in [0.5, 0.6) is 0 Å². The summed E-state index contributed by atoms with van der Waals surface area (Å²) in [6, 6.07) is 1.63. The Kier molecular flexibility index (Phi) is 2.59. The third-order valence-electron chi connectivity index (χ3n) is 1.07. The van der Waals surface area contributed by atoms with Gasteiger partial charge in [-0.3, -0.25) is 0 Å². The molecule has 0 amide bonds. The van der Waals surface area contributed by atoms with Crippen LogP contribution in [0.15, 0.2) is 12.3 Å². The summed E-state index contributed by atoms with van der Waals surface area (Å²) in [7, 11) is 0. The molecule has 0 aliphatic carbocycles. The number of halogens is 1. The molecule has 0 aliphatic heterocycles. The van der Waals surface area contributed by atoms with Crippen LogP contribution in [0.4, 0.5) is 16.2 Å². The molecule has 1 rings (SSSR count). The minimum absolute atomic E-state index is 0.189. The van der Waals surface area contributed by atoms with Gasteiger partial charge in [0.05, 0.1) is 0 Å². The maximum Gasteiger partial charge on any atom is 0.221 e. The summed E-state index contributed by atoms with van der Waals surface area (Å²) in [5.74, 6) is 0.740. The number of hydrogen-bond acceptors (Lipinski definition) is 4. The second kappa shape index (κ2) is 3.70. The third-order valence-corrected chi connectivity index (χ3v) is 1.07. The summed E-state index contributed by atoms with van der Waals surface area (Å²) in [5, 5.41) is 2.73. The first kappa shape index (κ1) is 7.71. The maximum absolute atomic E-state index is 11.6. The van der Waals surface area contributed by atoms with Crippen molar-refractivity contribution in [2.75, 3.05) is 24.3 Å². The van der Waals surface area contributed by atoms with Gasteiger partial charge in [0.2, 0.25) is 5.95 Å². The zero-order valence-corrected chi connectivity index (χ0v) is 5.92. The predicted molar refractivity (Wildman–Crippen MR) is 40.9 cm³/mol. The number of hydrogen-bond donors (Lipinski definition) is 2. The van der Waals surface area contributed by atoms with E-state index in [4.69, 9.17) is 5.73 Å². The van der Waals surface area contributed by atoms with Gasteiger partial charge in [-0.1, -0.05) is 0 Å². The van der Waals surface area contributed by atoms with Crippen molar-refractivity contribution >= 4 is 11.8 Å². The van der Waals surface area contributed by atoms with Crippen LogP contribution in [0, 0.1) is 0 Å². The largest absolute Gasteiger partial charge is 0.368 e. The van der Waals surface area contributed by atoms with Gasteiger partial charge in [0.15, 0.2) is 0 Å². The lowest BCUT2D eigenvalue weighted by Gasteiger charge is -2.01. The minimum atomic E-state index is -0.427. The van der Waals surface area contributed by atoms with E-state index in [-0.39, 0.29) is 12.5 Å². The molecule has 1 heterocycles. The molecule has 1 aromatic rings. The fourth-order valence-electron chi connectivity index (χ4n) is 0.648. The van der Waals surface area contributed by atoms with E-state index in [1.165, 1.54) is 6.20 Å². The Morgan fingerprint density at radius 3 is 3.09 bits per heavy atom. The average molecular weight is 156 g/mol. The van der Waals surface area contributed by atoms with Gasteiger partial charge in [0.1, 0.15) is 12.5 Å². The number of aromatic nitrogens is 2. The lowest BCUT2D eigenvalue weighted by Crippen LogP contribution is -2.06. The Hall–Kier alpha value is -1.39. The van der Waals surface area contributed by atoms with E-state index >= 15 is 0 Å². The molecule has 0 fully saturated rings. The van der Waals surface area contributed by atoms with Crippen LogP contribution in [0.1, 0.15) is 0 Å². The number of anilines is 2. The Morgan fingerprint density at radius 1 is 1.64 bits per heavy atom. The van der Waals surface area contributed by atoms with E-state index in [0.717, 1.165) is 0 Å². The molecule has 60 valence electrons. The van der Waals surface area contributed by atoms with Crippen LogP contribution >= 0.6 is 0 Å². The van der Waals surface area contributed by atoms with E-state index in [1.54, 1.807) is 6.07 Å². The molecule has 0 atom stereocenters. The zero-order chi connectivity index (χ0) is 8.10. The van der Waals surface area contributed by atoms with Crippen molar-refractivity contribution in [3.63, 3.8) is 0 Å². The average Bonchev–Trinajstić information content (AvgIpc) is 2.01. The van der Waals surface area contributed by atoms with Crippen molar-refractivity contribution in [2.45, 2.75) is 0 Å². The summed E-state index contributed by atoms with van der Waals surface area (Å²) in [5.41, 5.74) is 5.27. The first-order chi connectivity index (χ1) is 5.33. The molecule has 3 N–H and O–H groups in total. The van der Waals surface area contributed by atoms with Gasteiger partial charge in [-0.25, -0.2) is 9.37 Å². The van der Waals surface area contributed by atoms with E-state index in [0.29, 0.717) is 5.82 Å². The first-order valence-electron chi connectivity index (χ1n) is 3.21. The van der Waals surface area contributed by atoms with Gasteiger partial charge in [0.25, 0.3) is 0 Å². The fraction of sp³-hybridized carbons (Fsp3) is 0.333. The number of nitrogen functional groups attached to an aromatic ring is 1. The van der Waals surface area contributed by atoms with Crippen molar-refractivity contribution in [2.24, 2.45) is 0 Å². The Balaban J connectivity index is 2.56. The van der Waals surface area contributed by atoms with Gasteiger partial charge >= 0.3 is 0 Å². The molecule has 0 unspecified atom stereocenters. The lowest BCUT2D eigenvalue weighted by molar-refractivity contribution is 0.512. The van der Waals surface area contributed by atoms with E-state index in [1.807, 2.05) is 0 Å². The molecule has 0 saturated heterocycles. The van der Waals surface area contributed by atoms with Crippen LogP contribution in [-0.2, 0) is 0 Å². The molecular weight excluding hydrogens is 147 g/mol. The minimum Gasteiger partial charge on any atom is -0.368 e. The molecule has 0 radical (unpaired) electrons. The van der Waals surface area contributed by atoms with Crippen molar-refractivity contribution in [1.82, 2.24) is 9.97 Å². The summed E-state index contributed by atoms with van der Waals surface area (Å²) >= 11 is 0. The molecule has 4 nitrogen and oxygen atoms in total. The Morgan fingerprint density at radius 2 is 2.45 bits per heavy atom. The number of nitrogens with two attached hydrogens (primary N) is 1. The molecule has 0 spiro atoms. The molecule has 0 saturated carbocycles. The summed E-state index contributed by atoms with van der Waals surface area (Å²) in [6.07, 6.45) is 1.52. The number of alkyl halides is 1. The van der Waals surface area contributed by atoms with Gasteiger partial charge in [-0.2, -0.15) is 4.98 Å². The fourth-order valence-corrected chi connectivity index (χ4v) is 0.648. The molecule has 11 heavy (non-hydrogen) atoms. The highest BCUT2D eigenvalue weighted by Gasteiger charge is 1.92. The second-order valence-electron chi connectivity index (χ2n) is 1.92. The van der Waals surface area contributed by atoms with E-state index in [2.05, 4.69) is 15.3 Å². The van der Waals surface area contributed by atoms with Crippen molar-refractivity contribution < 1.29 is 4.39 Å².